The van der Waals surface area contributed by atoms with Gasteiger partial charge in [0.15, 0.2) is 11.6 Å². The number of fused-ring (bicyclic) bond motifs is 2. The van der Waals surface area contributed by atoms with Crippen molar-refractivity contribution in [3.8, 4) is 0 Å². The Morgan fingerprint density at radius 3 is 2.25 bits per heavy atom. The van der Waals surface area contributed by atoms with Crippen LogP contribution >= 0.6 is 0 Å². The first-order valence-electron chi connectivity index (χ1n) is 9.28. The number of anilines is 1. The summed E-state index contributed by atoms with van der Waals surface area (Å²) in [6.45, 7) is 4.27. The number of halogens is 2. The molecule has 132 valence electrons. The minimum Gasteiger partial charge on any atom is -0.371 e. The van der Waals surface area contributed by atoms with Gasteiger partial charge in [-0.1, -0.05) is 0 Å². The van der Waals surface area contributed by atoms with E-state index < -0.39 is 11.6 Å². The topological polar surface area (TPSA) is 9.72 Å². The second-order valence-electron chi connectivity index (χ2n) is 7.70. The zero-order chi connectivity index (χ0) is 16.7. The Bertz CT molecular complexity index is 586. The molecule has 1 aromatic rings. The predicted molar refractivity (Wildman–Crippen MR) is 92.4 cm³/mol. The van der Waals surface area contributed by atoms with Gasteiger partial charge in [0.05, 0.1) is 0 Å². The lowest BCUT2D eigenvalue weighted by atomic mass is 10.00. The highest BCUT2D eigenvalue weighted by atomic mass is 19.2. The Morgan fingerprint density at radius 1 is 0.833 bits per heavy atom. The lowest BCUT2D eigenvalue weighted by Crippen LogP contribution is -2.50. The van der Waals surface area contributed by atoms with E-state index in [1.165, 1.54) is 44.5 Å². The highest BCUT2D eigenvalue weighted by Crippen LogP contribution is 2.35. The summed E-state index contributed by atoms with van der Waals surface area (Å²) in [6.07, 6.45) is 6.21. The molecule has 2 bridgehead atoms. The molecule has 0 N–H and O–H groups in total. The average Bonchev–Trinajstić information content (AvgIpc) is 2.89. The molecule has 24 heavy (non-hydrogen) atoms. The molecule has 0 radical (unpaired) electrons. The highest BCUT2D eigenvalue weighted by molar-refractivity contribution is 5.47. The Hall–Kier alpha value is -1.20. The van der Waals surface area contributed by atoms with Gasteiger partial charge in [0, 0.05) is 49.5 Å². The maximum Gasteiger partial charge on any atom is 0.160 e. The van der Waals surface area contributed by atoms with E-state index in [0.29, 0.717) is 12.1 Å². The van der Waals surface area contributed by atoms with Crippen LogP contribution in [0, 0.1) is 11.6 Å². The minimum absolute atomic E-state index is 0.649. The third-order valence-corrected chi connectivity index (χ3v) is 6.20. The zero-order valence-electron chi connectivity index (χ0n) is 14.4. The molecule has 3 aliphatic rings. The monoisotopic (exact) mass is 335 g/mol. The molecule has 3 aliphatic heterocycles. The molecular formula is C19H27F2N3. The molecule has 5 heteroatoms. The van der Waals surface area contributed by atoms with Gasteiger partial charge in [-0.2, -0.15) is 0 Å². The normalized spacial score (nSPS) is 29.9. The van der Waals surface area contributed by atoms with E-state index in [9.17, 15) is 8.78 Å². The van der Waals surface area contributed by atoms with Gasteiger partial charge in [-0.3, -0.25) is 4.90 Å². The van der Waals surface area contributed by atoms with Crippen LogP contribution in [0.15, 0.2) is 18.2 Å². The lowest BCUT2D eigenvalue weighted by Gasteiger charge is -2.42. The van der Waals surface area contributed by atoms with Crippen molar-refractivity contribution in [2.24, 2.45) is 0 Å². The van der Waals surface area contributed by atoms with Crippen LogP contribution in [-0.4, -0.2) is 61.2 Å². The van der Waals surface area contributed by atoms with Gasteiger partial charge < -0.3 is 9.80 Å². The van der Waals surface area contributed by atoms with Crippen molar-refractivity contribution in [3.63, 3.8) is 0 Å². The van der Waals surface area contributed by atoms with Crippen molar-refractivity contribution in [3.05, 3.63) is 29.8 Å². The van der Waals surface area contributed by atoms with Gasteiger partial charge in [-0.25, -0.2) is 8.78 Å². The molecule has 0 aliphatic carbocycles. The van der Waals surface area contributed by atoms with Crippen LogP contribution in [0.5, 0.6) is 0 Å². The summed E-state index contributed by atoms with van der Waals surface area (Å²) in [5.74, 6) is -1.51. The molecular weight excluding hydrogens is 308 g/mol. The van der Waals surface area contributed by atoms with Crippen LogP contribution in [0.4, 0.5) is 14.5 Å². The first kappa shape index (κ1) is 16.3. The van der Waals surface area contributed by atoms with Crippen LogP contribution in [-0.2, 0) is 0 Å². The summed E-state index contributed by atoms with van der Waals surface area (Å²) in [6, 6.07) is 6.38. The lowest BCUT2D eigenvalue weighted by molar-refractivity contribution is 0.111. The molecule has 0 amide bonds. The average molecular weight is 335 g/mol. The summed E-state index contributed by atoms with van der Waals surface area (Å²) < 4.78 is 26.6. The molecule has 0 spiro atoms. The number of likely N-dealkylation sites (tertiary alicyclic amines) is 1. The Labute approximate surface area is 143 Å². The number of hydrogen-bond acceptors (Lipinski definition) is 3. The molecule has 0 aromatic heterocycles. The quantitative estimate of drug-likeness (QED) is 0.822. The Kier molecular flexibility index (Phi) is 4.48. The number of hydrogen-bond donors (Lipinski definition) is 0. The molecule has 3 heterocycles. The van der Waals surface area contributed by atoms with Crippen molar-refractivity contribution in [2.75, 3.05) is 38.1 Å². The number of likely N-dealkylation sites (N-methyl/N-ethyl adjacent to an activating group) is 1. The fraction of sp³-hybridized carbons (Fsp3) is 0.684. The van der Waals surface area contributed by atoms with E-state index in [1.807, 2.05) is 0 Å². The molecule has 1 aromatic carbocycles. The molecule has 2 atom stereocenters. The van der Waals surface area contributed by atoms with E-state index in [4.69, 9.17) is 0 Å². The van der Waals surface area contributed by atoms with Crippen LogP contribution in [0.3, 0.4) is 0 Å². The first-order chi connectivity index (χ1) is 11.6. The summed E-state index contributed by atoms with van der Waals surface area (Å²) in [5.41, 5.74) is 0.811. The van der Waals surface area contributed by atoms with E-state index in [2.05, 4.69) is 21.7 Å². The molecule has 0 saturated carbocycles. The van der Waals surface area contributed by atoms with Crippen molar-refractivity contribution < 1.29 is 8.78 Å². The van der Waals surface area contributed by atoms with Gasteiger partial charge in [-0.05, 0) is 57.8 Å². The highest BCUT2D eigenvalue weighted by Gasteiger charge is 2.41. The fourth-order valence-electron chi connectivity index (χ4n) is 4.98. The third kappa shape index (κ3) is 3.04. The predicted octanol–water partition coefficient (Wildman–Crippen LogP) is 3.10. The van der Waals surface area contributed by atoms with E-state index >= 15 is 0 Å². The molecule has 3 fully saturated rings. The SMILES string of the molecule is CN1CC[C@H]2CC[C@@H](C1)N2C1CCN(c2ccc(F)c(F)c2)CC1. The summed E-state index contributed by atoms with van der Waals surface area (Å²) in [7, 11) is 2.24. The van der Waals surface area contributed by atoms with Crippen molar-refractivity contribution in [1.82, 2.24) is 9.80 Å². The standard InChI is InChI=1S/C19H27F2N3/c1-22-9-6-14-2-3-17(13-22)24(14)15-7-10-23(11-8-15)16-4-5-18(20)19(21)12-16/h4-5,12,14-15,17H,2-3,6-11,13H2,1H3/t14-,17+/m1/s1. The largest absolute Gasteiger partial charge is 0.371 e. The fourth-order valence-corrected chi connectivity index (χ4v) is 4.98. The van der Waals surface area contributed by atoms with Crippen molar-refractivity contribution in [1.29, 1.82) is 0 Å². The number of rotatable bonds is 2. The van der Waals surface area contributed by atoms with Crippen LogP contribution in [0.2, 0.25) is 0 Å². The van der Waals surface area contributed by atoms with Crippen LogP contribution in [0.1, 0.15) is 32.1 Å². The number of nitrogens with zero attached hydrogens (tertiary/aromatic N) is 3. The molecule has 3 nitrogen and oxygen atoms in total. The Balaban J connectivity index is 1.41. The number of piperidine rings is 1. The van der Waals surface area contributed by atoms with Gasteiger partial charge in [-0.15, -0.1) is 0 Å². The van der Waals surface area contributed by atoms with Crippen molar-refractivity contribution >= 4 is 5.69 Å². The minimum atomic E-state index is -0.765. The molecule has 4 rings (SSSR count). The van der Waals surface area contributed by atoms with E-state index in [1.54, 1.807) is 6.07 Å². The van der Waals surface area contributed by atoms with Crippen LogP contribution in [0.25, 0.3) is 0 Å². The summed E-state index contributed by atoms with van der Waals surface area (Å²) >= 11 is 0. The van der Waals surface area contributed by atoms with Crippen molar-refractivity contribution in [2.45, 2.75) is 50.2 Å². The Morgan fingerprint density at radius 2 is 1.50 bits per heavy atom. The molecule has 0 unspecified atom stereocenters. The summed E-state index contributed by atoms with van der Waals surface area (Å²) in [4.78, 5) is 7.49. The van der Waals surface area contributed by atoms with Crippen LogP contribution < -0.4 is 4.90 Å². The maximum absolute atomic E-state index is 13.5. The smallest absolute Gasteiger partial charge is 0.160 e. The zero-order valence-corrected chi connectivity index (χ0v) is 14.4. The van der Waals surface area contributed by atoms with E-state index in [-0.39, 0.29) is 0 Å². The second-order valence-corrected chi connectivity index (χ2v) is 7.70. The van der Waals surface area contributed by atoms with Gasteiger partial charge in [0.2, 0.25) is 0 Å². The van der Waals surface area contributed by atoms with Gasteiger partial charge in [0.25, 0.3) is 0 Å². The maximum atomic E-state index is 13.5. The number of benzene rings is 1. The van der Waals surface area contributed by atoms with Gasteiger partial charge >= 0.3 is 0 Å². The van der Waals surface area contributed by atoms with Gasteiger partial charge in [0.1, 0.15) is 0 Å². The molecule has 3 saturated heterocycles. The third-order valence-electron chi connectivity index (χ3n) is 6.20. The second kappa shape index (κ2) is 6.60. The van der Waals surface area contributed by atoms with E-state index in [0.717, 1.165) is 37.7 Å². The first-order valence-corrected chi connectivity index (χ1v) is 9.28. The summed E-state index contributed by atoms with van der Waals surface area (Å²) in [5, 5.41) is 0.